The highest BCUT2D eigenvalue weighted by atomic mass is 16.5. The first-order valence-electron chi connectivity index (χ1n) is 16.5. The van der Waals surface area contributed by atoms with Gasteiger partial charge < -0.3 is 23.7 Å². The fraction of sp³-hybridized carbons (Fsp3) is 0.879. The van der Waals surface area contributed by atoms with E-state index >= 15 is 0 Å². The largest absolute Gasteiger partial charge is 0.465 e. The molecule has 4 saturated carbocycles. The number of carbonyl (C=O) groups excluding carboxylic acids is 4. The molecule has 11 unspecified atom stereocenters. The molecular formula is C33H51NO9. The number of ether oxygens (including phenoxy) is 5. The van der Waals surface area contributed by atoms with Crippen LogP contribution in [0, 0.1) is 46.3 Å². The highest BCUT2D eigenvalue weighted by Crippen LogP contribution is 2.69. The molecule has 1 aliphatic heterocycles. The molecule has 5 aliphatic rings. The Morgan fingerprint density at radius 3 is 2.42 bits per heavy atom. The third-order valence-corrected chi connectivity index (χ3v) is 12.7. The van der Waals surface area contributed by atoms with Crippen LogP contribution in [0.1, 0.15) is 78.6 Å². The molecule has 0 bridgehead atoms. The minimum absolute atomic E-state index is 0.0172. The molecule has 0 spiro atoms. The van der Waals surface area contributed by atoms with E-state index in [1.807, 2.05) is 0 Å². The second-order valence-electron chi connectivity index (χ2n) is 14.3. The van der Waals surface area contributed by atoms with Gasteiger partial charge in [0.05, 0.1) is 13.2 Å². The maximum absolute atomic E-state index is 12.7. The van der Waals surface area contributed by atoms with Crippen molar-refractivity contribution in [2.45, 2.75) is 96.9 Å². The van der Waals surface area contributed by atoms with Crippen molar-refractivity contribution in [1.29, 1.82) is 0 Å². The maximum Gasteiger partial charge on any atom is 0.305 e. The summed E-state index contributed by atoms with van der Waals surface area (Å²) < 4.78 is 28.2. The minimum atomic E-state index is -0.284. The number of nitrogens with zero attached hydrogens (tertiary/aromatic N) is 1. The monoisotopic (exact) mass is 605 g/mol. The zero-order valence-corrected chi connectivity index (χ0v) is 26.2. The standard InChI is InChI=1S/C33H51NO9/c1-22(4-7-30(38)40-15-12-34-10-13-39-14-11-34)25-5-6-26-31-27(18-29(43-21-37)33(25,26)3)32(2)9-8-24(41-19-35)16-23(32)17-28(31)42-20-36/h19-29,31H,4-18H2,1-3H3. The molecule has 0 aromatic rings. The molecule has 43 heavy (non-hydrogen) atoms. The topological polar surface area (TPSA) is 118 Å². The van der Waals surface area contributed by atoms with E-state index in [1.54, 1.807) is 0 Å². The minimum Gasteiger partial charge on any atom is -0.465 e. The molecule has 1 heterocycles. The Morgan fingerprint density at radius 1 is 0.953 bits per heavy atom. The molecule has 0 amide bonds. The number of hydrogen-bond donors (Lipinski definition) is 0. The summed E-state index contributed by atoms with van der Waals surface area (Å²) in [6, 6.07) is 0. The van der Waals surface area contributed by atoms with Gasteiger partial charge in [-0.15, -0.1) is 0 Å². The maximum atomic E-state index is 12.7. The van der Waals surface area contributed by atoms with Gasteiger partial charge >= 0.3 is 5.97 Å². The van der Waals surface area contributed by atoms with Gasteiger partial charge in [0, 0.05) is 37.4 Å². The van der Waals surface area contributed by atoms with Crippen LogP contribution in [-0.4, -0.2) is 88.1 Å². The average molecular weight is 606 g/mol. The van der Waals surface area contributed by atoms with Crippen LogP contribution in [-0.2, 0) is 42.9 Å². The lowest BCUT2D eigenvalue weighted by atomic mass is 9.43. The lowest BCUT2D eigenvalue weighted by molar-refractivity contribution is -0.218. The molecule has 1 saturated heterocycles. The van der Waals surface area contributed by atoms with E-state index in [1.165, 1.54) is 0 Å². The van der Waals surface area contributed by atoms with E-state index in [0.29, 0.717) is 32.4 Å². The van der Waals surface area contributed by atoms with Gasteiger partial charge in [0.25, 0.3) is 19.4 Å². The molecule has 5 fully saturated rings. The van der Waals surface area contributed by atoms with E-state index in [2.05, 4.69) is 25.7 Å². The van der Waals surface area contributed by atoms with Crippen LogP contribution in [0.15, 0.2) is 0 Å². The van der Waals surface area contributed by atoms with Crippen molar-refractivity contribution in [3.8, 4) is 0 Å². The molecular weight excluding hydrogens is 554 g/mol. The number of fused-ring (bicyclic) bond motifs is 5. The number of rotatable bonds is 13. The third-order valence-electron chi connectivity index (χ3n) is 12.7. The Bertz CT molecular complexity index is 987. The van der Waals surface area contributed by atoms with Crippen molar-refractivity contribution < 1.29 is 42.9 Å². The molecule has 242 valence electrons. The summed E-state index contributed by atoms with van der Waals surface area (Å²) in [6.45, 7) is 12.9. The summed E-state index contributed by atoms with van der Waals surface area (Å²) in [5.74, 6) is 1.23. The van der Waals surface area contributed by atoms with Gasteiger partial charge in [-0.3, -0.25) is 24.1 Å². The fourth-order valence-electron chi connectivity index (χ4n) is 10.5. The normalized spacial score (nSPS) is 41.5. The summed E-state index contributed by atoms with van der Waals surface area (Å²) >= 11 is 0. The molecule has 0 radical (unpaired) electrons. The Morgan fingerprint density at radius 2 is 1.70 bits per heavy atom. The first-order valence-corrected chi connectivity index (χ1v) is 16.5. The van der Waals surface area contributed by atoms with E-state index in [4.69, 9.17) is 23.7 Å². The van der Waals surface area contributed by atoms with Crippen LogP contribution in [0.3, 0.4) is 0 Å². The van der Waals surface area contributed by atoms with Crippen LogP contribution >= 0.6 is 0 Å². The quantitative estimate of drug-likeness (QED) is 0.174. The molecule has 11 atom stereocenters. The lowest BCUT2D eigenvalue weighted by Gasteiger charge is -2.64. The average Bonchev–Trinajstić information content (AvgIpc) is 3.36. The van der Waals surface area contributed by atoms with Crippen molar-refractivity contribution in [2.75, 3.05) is 39.5 Å². The number of hydrogen-bond acceptors (Lipinski definition) is 10. The van der Waals surface area contributed by atoms with Crippen LogP contribution < -0.4 is 0 Å². The molecule has 0 aromatic carbocycles. The third kappa shape index (κ3) is 6.33. The van der Waals surface area contributed by atoms with E-state index in [9.17, 15) is 19.2 Å². The van der Waals surface area contributed by atoms with Gasteiger partial charge in [-0.1, -0.05) is 20.8 Å². The smallest absolute Gasteiger partial charge is 0.305 e. The van der Waals surface area contributed by atoms with Gasteiger partial charge in [0.1, 0.15) is 24.9 Å². The molecule has 0 N–H and O–H groups in total. The van der Waals surface area contributed by atoms with E-state index in [-0.39, 0.29) is 70.6 Å². The summed E-state index contributed by atoms with van der Waals surface area (Å²) in [5.41, 5.74) is -0.302. The highest BCUT2D eigenvalue weighted by Gasteiger charge is 2.67. The van der Waals surface area contributed by atoms with Crippen LogP contribution in [0.25, 0.3) is 0 Å². The van der Waals surface area contributed by atoms with Gasteiger partial charge in [-0.05, 0) is 86.4 Å². The van der Waals surface area contributed by atoms with Gasteiger partial charge in [-0.25, -0.2) is 0 Å². The van der Waals surface area contributed by atoms with Crippen molar-refractivity contribution >= 4 is 25.4 Å². The molecule has 4 aliphatic carbocycles. The highest BCUT2D eigenvalue weighted by molar-refractivity contribution is 5.69. The van der Waals surface area contributed by atoms with Crippen molar-refractivity contribution in [1.82, 2.24) is 4.90 Å². The fourth-order valence-corrected chi connectivity index (χ4v) is 10.5. The van der Waals surface area contributed by atoms with Crippen molar-refractivity contribution in [3.63, 3.8) is 0 Å². The van der Waals surface area contributed by atoms with Crippen molar-refractivity contribution in [3.05, 3.63) is 0 Å². The lowest BCUT2D eigenvalue weighted by Crippen LogP contribution is -2.63. The molecule has 10 heteroatoms. The van der Waals surface area contributed by atoms with Crippen LogP contribution in [0.5, 0.6) is 0 Å². The van der Waals surface area contributed by atoms with Crippen molar-refractivity contribution in [2.24, 2.45) is 46.3 Å². The zero-order chi connectivity index (χ0) is 30.6. The van der Waals surface area contributed by atoms with E-state index in [0.717, 1.165) is 84.2 Å². The van der Waals surface area contributed by atoms with Gasteiger partial charge in [-0.2, -0.15) is 0 Å². The summed E-state index contributed by atoms with van der Waals surface area (Å²) in [4.78, 5) is 49.7. The van der Waals surface area contributed by atoms with Crippen LogP contribution in [0.4, 0.5) is 0 Å². The summed E-state index contributed by atoms with van der Waals surface area (Å²) in [6.07, 6.45) is 6.48. The van der Waals surface area contributed by atoms with Gasteiger partial charge in [0.15, 0.2) is 0 Å². The summed E-state index contributed by atoms with van der Waals surface area (Å²) in [7, 11) is 0. The summed E-state index contributed by atoms with van der Waals surface area (Å²) in [5, 5.41) is 0. The molecule has 10 nitrogen and oxygen atoms in total. The predicted molar refractivity (Wildman–Crippen MR) is 155 cm³/mol. The number of esters is 1. The SMILES string of the molecule is CC(CCC(=O)OCCN1CCOCC1)C1CCC2C3C(OC=O)CC4CC(OC=O)CCC4(C)C3CC(OC=O)C12C. The molecule has 5 rings (SSSR count). The van der Waals surface area contributed by atoms with E-state index < -0.39 is 0 Å². The second kappa shape index (κ2) is 13.8. The number of carbonyl (C=O) groups is 4. The zero-order valence-electron chi connectivity index (χ0n) is 26.2. The van der Waals surface area contributed by atoms with Crippen LogP contribution in [0.2, 0.25) is 0 Å². The first kappa shape index (κ1) is 32.2. The number of morpholine rings is 1. The first-order chi connectivity index (χ1) is 20.8. The predicted octanol–water partition coefficient (Wildman–Crippen LogP) is 3.78. The Kier molecular flexibility index (Phi) is 10.4. The Labute approximate surface area is 255 Å². The van der Waals surface area contributed by atoms with Gasteiger partial charge in [0.2, 0.25) is 0 Å². The Hall–Kier alpha value is -2.20. The molecule has 0 aromatic heterocycles. The Balaban J connectivity index is 1.28. The second-order valence-corrected chi connectivity index (χ2v) is 14.3.